The maximum absolute atomic E-state index is 13.1. The highest BCUT2D eigenvalue weighted by molar-refractivity contribution is 8.26. The average Bonchev–Trinajstić information content (AvgIpc) is 3.00. The molecule has 1 aromatic rings. The summed E-state index contributed by atoms with van der Waals surface area (Å²) >= 11 is 6.62. The normalized spacial score (nSPS) is 22.7. The Morgan fingerprint density at radius 3 is 2.53 bits per heavy atom. The molecule has 0 aliphatic carbocycles. The molecule has 2 saturated heterocycles. The predicted octanol–water partition coefficient (Wildman–Crippen LogP) is 2.51. The van der Waals surface area contributed by atoms with Gasteiger partial charge in [-0.2, -0.15) is 5.26 Å². The molecule has 1 aromatic heterocycles. The van der Waals surface area contributed by atoms with Gasteiger partial charge in [0.05, 0.1) is 30.3 Å². The van der Waals surface area contributed by atoms with Gasteiger partial charge in [0.15, 0.2) is 0 Å². The molecule has 0 N–H and O–H groups in total. The summed E-state index contributed by atoms with van der Waals surface area (Å²) in [5.41, 5.74) is 1.02. The van der Waals surface area contributed by atoms with Crippen molar-refractivity contribution >= 4 is 46.1 Å². The van der Waals surface area contributed by atoms with E-state index in [1.807, 2.05) is 20.8 Å². The number of nitriles is 1. The SMILES string of the molecule is CCn1c(N2CC(C)OC(C)C2)c(C=C2SC(=S)N(CCOC)C2=O)c(C)c(C#N)c1=O. The molecule has 0 saturated carbocycles. The molecule has 0 bridgehead atoms. The summed E-state index contributed by atoms with van der Waals surface area (Å²) in [6, 6.07) is 2.06. The van der Waals surface area contributed by atoms with E-state index < -0.39 is 0 Å². The van der Waals surface area contributed by atoms with Gasteiger partial charge in [-0.15, -0.1) is 0 Å². The molecule has 0 radical (unpaired) electrons. The molecular formula is C22H28N4O4S2. The number of hydrogen-bond donors (Lipinski definition) is 0. The van der Waals surface area contributed by atoms with Gasteiger partial charge in [-0.05, 0) is 39.3 Å². The first-order valence-electron chi connectivity index (χ1n) is 10.6. The number of morpholine rings is 1. The first-order valence-corrected chi connectivity index (χ1v) is 11.8. The lowest BCUT2D eigenvalue weighted by Crippen LogP contribution is -2.48. The minimum absolute atomic E-state index is 0.0183. The third-order valence-electron chi connectivity index (χ3n) is 5.55. The van der Waals surface area contributed by atoms with E-state index in [-0.39, 0.29) is 29.2 Å². The van der Waals surface area contributed by atoms with Crippen LogP contribution in [0, 0.1) is 18.3 Å². The van der Waals surface area contributed by atoms with Crippen molar-refractivity contribution in [2.24, 2.45) is 0 Å². The van der Waals surface area contributed by atoms with Gasteiger partial charge >= 0.3 is 0 Å². The van der Waals surface area contributed by atoms with Crippen molar-refractivity contribution < 1.29 is 14.3 Å². The zero-order chi connectivity index (χ0) is 23.6. The molecule has 2 unspecified atom stereocenters. The van der Waals surface area contributed by atoms with Crippen LogP contribution in [-0.4, -0.2) is 65.3 Å². The zero-order valence-electron chi connectivity index (χ0n) is 19.0. The number of thiocarbonyl (C=S) groups is 1. The Labute approximate surface area is 197 Å². The van der Waals surface area contributed by atoms with Crippen LogP contribution in [0.3, 0.4) is 0 Å². The Hall–Kier alpha value is -2.19. The number of aromatic nitrogens is 1. The molecule has 10 heteroatoms. The number of hydrogen-bond acceptors (Lipinski definition) is 8. The second kappa shape index (κ2) is 10.2. The minimum Gasteiger partial charge on any atom is -0.383 e. The number of carbonyl (C=O) groups is 1. The molecule has 2 aliphatic rings. The summed E-state index contributed by atoms with van der Waals surface area (Å²) in [7, 11) is 1.57. The van der Waals surface area contributed by atoms with Crippen LogP contribution in [0.1, 0.15) is 37.5 Å². The maximum atomic E-state index is 13.1. The van der Waals surface area contributed by atoms with Crippen LogP contribution in [-0.2, 0) is 20.8 Å². The van der Waals surface area contributed by atoms with Crippen LogP contribution in [0.25, 0.3) is 6.08 Å². The molecular weight excluding hydrogens is 448 g/mol. The second-order valence-corrected chi connectivity index (χ2v) is 9.56. The fourth-order valence-electron chi connectivity index (χ4n) is 4.14. The summed E-state index contributed by atoms with van der Waals surface area (Å²) in [6.45, 7) is 9.99. The van der Waals surface area contributed by atoms with Crippen LogP contribution in [0.2, 0.25) is 0 Å². The number of amides is 1. The predicted molar refractivity (Wildman–Crippen MR) is 130 cm³/mol. The van der Waals surface area contributed by atoms with Crippen LogP contribution in [0.4, 0.5) is 5.82 Å². The van der Waals surface area contributed by atoms with Gasteiger partial charge in [0.2, 0.25) is 0 Å². The number of carbonyl (C=O) groups excluding carboxylic acids is 1. The zero-order valence-corrected chi connectivity index (χ0v) is 20.6. The molecule has 2 aliphatic heterocycles. The van der Waals surface area contributed by atoms with E-state index in [9.17, 15) is 14.9 Å². The molecule has 1 amide bonds. The molecule has 3 heterocycles. The fourth-order valence-corrected chi connectivity index (χ4v) is 5.43. The van der Waals surface area contributed by atoms with Crippen molar-refractivity contribution in [1.82, 2.24) is 9.47 Å². The fraction of sp³-hybridized carbons (Fsp3) is 0.545. The third kappa shape index (κ3) is 4.62. The van der Waals surface area contributed by atoms with E-state index in [2.05, 4.69) is 11.0 Å². The van der Waals surface area contributed by atoms with E-state index in [0.29, 0.717) is 59.0 Å². The van der Waals surface area contributed by atoms with Gasteiger partial charge in [-0.1, -0.05) is 24.0 Å². The molecule has 0 spiro atoms. The quantitative estimate of drug-likeness (QED) is 0.457. The minimum atomic E-state index is -0.320. The number of thioether (sulfide) groups is 1. The van der Waals surface area contributed by atoms with Crippen molar-refractivity contribution in [3.05, 3.63) is 31.9 Å². The Balaban J connectivity index is 2.20. The Morgan fingerprint density at radius 1 is 1.31 bits per heavy atom. The standard InChI is InChI=1S/C22H28N4O4S2/c1-6-25-19(24-11-13(2)30-14(3)12-24)16(15(4)17(10-23)20(25)27)9-18-21(28)26(7-8-29-5)22(31)32-18/h9,13-14H,6-8,11-12H2,1-5H3. The first kappa shape index (κ1) is 24.5. The monoisotopic (exact) mass is 476 g/mol. The second-order valence-electron chi connectivity index (χ2n) is 7.89. The summed E-state index contributed by atoms with van der Waals surface area (Å²) < 4.78 is 13.1. The van der Waals surface area contributed by atoms with Crippen molar-refractivity contribution in [2.45, 2.75) is 46.4 Å². The summed E-state index contributed by atoms with van der Waals surface area (Å²) in [5, 5.41) is 9.69. The third-order valence-corrected chi connectivity index (χ3v) is 6.93. The van der Waals surface area contributed by atoms with E-state index in [0.717, 1.165) is 0 Å². The average molecular weight is 477 g/mol. The van der Waals surface area contributed by atoms with Gasteiger partial charge in [-0.25, -0.2) is 0 Å². The smallest absolute Gasteiger partial charge is 0.270 e. The van der Waals surface area contributed by atoms with Crippen molar-refractivity contribution in [3.8, 4) is 6.07 Å². The van der Waals surface area contributed by atoms with Gasteiger partial charge in [0.25, 0.3) is 11.5 Å². The summed E-state index contributed by atoms with van der Waals surface area (Å²) in [5.74, 6) is 0.511. The molecule has 2 fully saturated rings. The van der Waals surface area contributed by atoms with E-state index in [1.165, 1.54) is 16.7 Å². The van der Waals surface area contributed by atoms with E-state index in [1.54, 1.807) is 24.7 Å². The largest absolute Gasteiger partial charge is 0.383 e. The molecule has 0 aromatic carbocycles. The maximum Gasteiger partial charge on any atom is 0.270 e. The number of methoxy groups -OCH3 is 1. The molecule has 2 atom stereocenters. The lowest BCUT2D eigenvalue weighted by atomic mass is 10.0. The van der Waals surface area contributed by atoms with Crippen LogP contribution >= 0.6 is 24.0 Å². The van der Waals surface area contributed by atoms with Crippen LogP contribution in [0.15, 0.2) is 9.70 Å². The molecule has 3 rings (SSSR count). The van der Waals surface area contributed by atoms with Gasteiger partial charge in [-0.3, -0.25) is 19.1 Å². The van der Waals surface area contributed by atoms with Gasteiger partial charge < -0.3 is 14.4 Å². The lowest BCUT2D eigenvalue weighted by molar-refractivity contribution is -0.122. The topological polar surface area (TPSA) is 87.8 Å². The Morgan fingerprint density at radius 2 is 1.97 bits per heavy atom. The number of nitrogens with zero attached hydrogens (tertiary/aromatic N) is 4. The number of rotatable bonds is 6. The number of anilines is 1. The molecule has 8 nitrogen and oxygen atoms in total. The van der Waals surface area contributed by atoms with Gasteiger partial charge in [0.1, 0.15) is 21.8 Å². The highest BCUT2D eigenvalue weighted by Crippen LogP contribution is 2.36. The molecule has 172 valence electrons. The molecule has 32 heavy (non-hydrogen) atoms. The first-order chi connectivity index (χ1) is 15.2. The number of pyridine rings is 1. The summed E-state index contributed by atoms with van der Waals surface area (Å²) in [6.07, 6.45) is 1.74. The van der Waals surface area contributed by atoms with E-state index >= 15 is 0 Å². The summed E-state index contributed by atoms with van der Waals surface area (Å²) in [4.78, 5) is 30.2. The lowest BCUT2D eigenvalue weighted by Gasteiger charge is -2.39. The Kier molecular flexibility index (Phi) is 7.77. The van der Waals surface area contributed by atoms with Crippen molar-refractivity contribution in [1.29, 1.82) is 5.26 Å². The van der Waals surface area contributed by atoms with Gasteiger partial charge in [0, 0.05) is 32.3 Å². The number of ether oxygens (including phenoxy) is 2. The van der Waals surface area contributed by atoms with E-state index in [4.69, 9.17) is 21.7 Å². The van der Waals surface area contributed by atoms with Crippen molar-refractivity contribution in [2.75, 3.05) is 38.3 Å². The van der Waals surface area contributed by atoms with Crippen LogP contribution in [0.5, 0.6) is 0 Å². The van der Waals surface area contributed by atoms with Crippen LogP contribution < -0.4 is 10.5 Å². The highest BCUT2D eigenvalue weighted by atomic mass is 32.2. The highest BCUT2D eigenvalue weighted by Gasteiger charge is 2.34. The van der Waals surface area contributed by atoms with Crippen molar-refractivity contribution in [3.63, 3.8) is 0 Å². The Bertz CT molecular complexity index is 1050.